The zero-order valence-electron chi connectivity index (χ0n) is 15.3. The number of amides is 1. The Bertz CT molecular complexity index is 888. The second kappa shape index (κ2) is 9.49. The Hall–Kier alpha value is -1.26. The van der Waals surface area contributed by atoms with Gasteiger partial charge in [0.1, 0.15) is 0 Å². The molecule has 0 saturated carbocycles. The van der Waals surface area contributed by atoms with Crippen LogP contribution >= 0.6 is 38.5 Å². The Morgan fingerprint density at radius 3 is 2.79 bits per heavy atom. The van der Waals surface area contributed by atoms with Gasteiger partial charge in [0.25, 0.3) is 5.91 Å². The SMILES string of the molecule is Cc1cc(I)ccc1Nc1c(C(=O)NCCC2CCCN2)cc(Br)c(F)c1F. The van der Waals surface area contributed by atoms with Crippen LogP contribution in [0.3, 0.4) is 0 Å². The summed E-state index contributed by atoms with van der Waals surface area (Å²) in [6.45, 7) is 3.33. The van der Waals surface area contributed by atoms with Crippen molar-refractivity contribution in [2.24, 2.45) is 0 Å². The number of nitrogens with one attached hydrogen (secondary N) is 3. The second-order valence-corrected chi connectivity index (χ2v) is 8.93. The van der Waals surface area contributed by atoms with Crippen molar-refractivity contribution in [3.63, 3.8) is 0 Å². The summed E-state index contributed by atoms with van der Waals surface area (Å²) in [5, 5.41) is 9.09. The molecule has 1 amide bonds. The van der Waals surface area contributed by atoms with Gasteiger partial charge in [0.15, 0.2) is 11.6 Å². The van der Waals surface area contributed by atoms with Gasteiger partial charge in [-0.2, -0.15) is 0 Å². The summed E-state index contributed by atoms with van der Waals surface area (Å²) in [6, 6.07) is 7.27. The lowest BCUT2D eigenvalue weighted by molar-refractivity contribution is 0.0952. The maximum absolute atomic E-state index is 14.7. The standard InChI is InChI=1S/C20H21BrF2IN3O/c1-11-9-12(24)4-5-16(11)27-19-14(10-15(21)17(22)18(19)23)20(28)26-8-6-13-3-2-7-25-13/h4-5,9-10,13,25,27H,2-3,6-8H2,1H3,(H,26,28). The second-order valence-electron chi connectivity index (χ2n) is 6.83. The lowest BCUT2D eigenvalue weighted by atomic mass is 10.1. The van der Waals surface area contributed by atoms with Gasteiger partial charge in [-0.05, 0) is 101 Å². The summed E-state index contributed by atoms with van der Waals surface area (Å²) in [4.78, 5) is 12.7. The van der Waals surface area contributed by atoms with E-state index in [1.165, 1.54) is 6.07 Å². The Morgan fingerprint density at radius 2 is 2.11 bits per heavy atom. The lowest BCUT2D eigenvalue weighted by Gasteiger charge is -2.17. The van der Waals surface area contributed by atoms with Crippen molar-refractivity contribution in [1.82, 2.24) is 10.6 Å². The van der Waals surface area contributed by atoms with Gasteiger partial charge >= 0.3 is 0 Å². The van der Waals surface area contributed by atoms with Crippen molar-refractivity contribution in [3.05, 3.63) is 55.1 Å². The molecule has 1 atom stereocenters. The van der Waals surface area contributed by atoms with Gasteiger partial charge in [0.05, 0.1) is 15.7 Å². The van der Waals surface area contributed by atoms with Crippen LogP contribution in [-0.2, 0) is 0 Å². The monoisotopic (exact) mass is 563 g/mol. The first-order chi connectivity index (χ1) is 13.4. The first-order valence-corrected chi connectivity index (χ1v) is 11.0. The van der Waals surface area contributed by atoms with E-state index in [2.05, 4.69) is 54.5 Å². The molecule has 3 rings (SSSR count). The molecule has 1 heterocycles. The molecule has 2 aromatic rings. The van der Waals surface area contributed by atoms with Gasteiger partial charge in [-0.1, -0.05) is 0 Å². The van der Waals surface area contributed by atoms with Crippen LogP contribution in [0, 0.1) is 22.1 Å². The number of carbonyl (C=O) groups is 1. The zero-order chi connectivity index (χ0) is 20.3. The van der Waals surface area contributed by atoms with Crippen molar-refractivity contribution >= 4 is 55.8 Å². The maximum atomic E-state index is 14.7. The highest BCUT2D eigenvalue weighted by atomic mass is 127. The summed E-state index contributed by atoms with van der Waals surface area (Å²) in [5.41, 5.74) is 1.38. The molecule has 0 bridgehead atoms. The molecule has 0 spiro atoms. The average Bonchev–Trinajstić information content (AvgIpc) is 3.17. The highest BCUT2D eigenvalue weighted by Gasteiger charge is 2.23. The molecule has 1 saturated heterocycles. The van der Waals surface area contributed by atoms with Gasteiger partial charge < -0.3 is 16.0 Å². The number of benzene rings is 2. The number of hydrogen-bond donors (Lipinski definition) is 3. The number of anilines is 2. The third kappa shape index (κ3) is 5.01. The number of halogens is 4. The van der Waals surface area contributed by atoms with Crippen LogP contribution in [0.4, 0.5) is 20.2 Å². The van der Waals surface area contributed by atoms with Crippen molar-refractivity contribution in [2.75, 3.05) is 18.4 Å². The van der Waals surface area contributed by atoms with Crippen LogP contribution in [0.2, 0.25) is 0 Å². The summed E-state index contributed by atoms with van der Waals surface area (Å²) in [7, 11) is 0. The van der Waals surface area contributed by atoms with E-state index in [0.29, 0.717) is 18.3 Å². The molecule has 150 valence electrons. The van der Waals surface area contributed by atoms with Crippen LogP contribution in [0.1, 0.15) is 35.2 Å². The number of rotatable bonds is 6. The largest absolute Gasteiger partial charge is 0.352 e. The first-order valence-electron chi connectivity index (χ1n) is 9.09. The Labute approximate surface area is 185 Å². The first kappa shape index (κ1) is 21.4. The Morgan fingerprint density at radius 1 is 1.32 bits per heavy atom. The molecule has 1 aliphatic heterocycles. The van der Waals surface area contributed by atoms with Crippen LogP contribution in [-0.4, -0.2) is 25.0 Å². The van der Waals surface area contributed by atoms with Gasteiger partial charge in [-0.25, -0.2) is 8.78 Å². The van der Waals surface area contributed by atoms with Crippen LogP contribution < -0.4 is 16.0 Å². The molecule has 0 radical (unpaired) electrons. The molecular weight excluding hydrogens is 543 g/mol. The van der Waals surface area contributed by atoms with Crippen molar-refractivity contribution in [1.29, 1.82) is 0 Å². The van der Waals surface area contributed by atoms with E-state index >= 15 is 0 Å². The molecule has 4 nitrogen and oxygen atoms in total. The van der Waals surface area contributed by atoms with E-state index < -0.39 is 17.5 Å². The van der Waals surface area contributed by atoms with E-state index in [-0.39, 0.29) is 15.7 Å². The van der Waals surface area contributed by atoms with Crippen molar-refractivity contribution in [3.8, 4) is 0 Å². The Balaban J connectivity index is 1.83. The smallest absolute Gasteiger partial charge is 0.253 e. The minimum Gasteiger partial charge on any atom is -0.352 e. The van der Waals surface area contributed by atoms with Gasteiger partial charge in [0, 0.05) is 21.8 Å². The lowest BCUT2D eigenvalue weighted by Crippen LogP contribution is -2.31. The number of carbonyl (C=O) groups excluding carboxylic acids is 1. The fourth-order valence-electron chi connectivity index (χ4n) is 3.26. The minimum atomic E-state index is -1.09. The molecule has 2 aromatic carbocycles. The molecule has 1 fully saturated rings. The average molecular weight is 564 g/mol. The molecule has 0 aliphatic carbocycles. The normalized spacial score (nSPS) is 16.2. The predicted molar refractivity (Wildman–Crippen MR) is 119 cm³/mol. The van der Waals surface area contributed by atoms with E-state index in [0.717, 1.165) is 34.9 Å². The third-order valence-corrected chi connectivity index (χ3v) is 6.04. The Kier molecular flexibility index (Phi) is 7.27. The molecule has 8 heteroatoms. The maximum Gasteiger partial charge on any atom is 0.253 e. The van der Waals surface area contributed by atoms with Gasteiger partial charge in [0.2, 0.25) is 0 Å². The fourth-order valence-corrected chi connectivity index (χ4v) is 4.31. The summed E-state index contributed by atoms with van der Waals surface area (Å²) in [5.74, 6) is -2.56. The predicted octanol–water partition coefficient (Wildman–Crippen LogP) is 5.26. The molecule has 3 N–H and O–H groups in total. The van der Waals surface area contributed by atoms with Crippen molar-refractivity contribution in [2.45, 2.75) is 32.2 Å². The van der Waals surface area contributed by atoms with E-state index in [4.69, 9.17) is 0 Å². The summed E-state index contributed by atoms with van der Waals surface area (Å²) in [6.07, 6.45) is 3.03. The molecule has 28 heavy (non-hydrogen) atoms. The van der Waals surface area contributed by atoms with Crippen molar-refractivity contribution < 1.29 is 13.6 Å². The minimum absolute atomic E-state index is 0.0584. The van der Waals surface area contributed by atoms with Crippen LogP contribution in [0.15, 0.2) is 28.7 Å². The number of hydrogen-bond acceptors (Lipinski definition) is 3. The molecule has 0 aromatic heterocycles. The van der Waals surface area contributed by atoms with E-state index in [1.54, 1.807) is 6.07 Å². The molecule has 1 aliphatic rings. The van der Waals surface area contributed by atoms with Crippen LogP contribution in [0.5, 0.6) is 0 Å². The molecule has 1 unspecified atom stereocenters. The van der Waals surface area contributed by atoms with Crippen LogP contribution in [0.25, 0.3) is 0 Å². The highest BCUT2D eigenvalue weighted by Crippen LogP contribution is 2.32. The quantitative estimate of drug-likeness (QED) is 0.332. The molecular formula is C20H21BrF2IN3O. The number of aryl methyl sites for hydroxylation is 1. The topological polar surface area (TPSA) is 53.2 Å². The highest BCUT2D eigenvalue weighted by molar-refractivity contribution is 14.1. The van der Waals surface area contributed by atoms with E-state index in [9.17, 15) is 13.6 Å². The summed E-state index contributed by atoms with van der Waals surface area (Å²) < 4.78 is 29.8. The summed E-state index contributed by atoms with van der Waals surface area (Å²) >= 11 is 5.18. The fraction of sp³-hybridized carbons (Fsp3) is 0.350. The van der Waals surface area contributed by atoms with Gasteiger partial charge in [-0.3, -0.25) is 4.79 Å². The third-order valence-electron chi connectivity index (χ3n) is 4.80. The van der Waals surface area contributed by atoms with Gasteiger partial charge in [-0.15, -0.1) is 0 Å². The zero-order valence-corrected chi connectivity index (χ0v) is 19.1. The van der Waals surface area contributed by atoms with E-state index in [1.807, 2.05) is 19.1 Å².